The zero-order chi connectivity index (χ0) is 13.9. The van der Waals surface area contributed by atoms with E-state index in [1.165, 1.54) is 23.7 Å². The summed E-state index contributed by atoms with van der Waals surface area (Å²) < 4.78 is 4.33. The molecule has 2 heterocycles. The number of anilines is 1. The van der Waals surface area contributed by atoms with E-state index in [0.717, 1.165) is 36.9 Å². The highest BCUT2D eigenvalue weighted by molar-refractivity contribution is 7.09. The van der Waals surface area contributed by atoms with Gasteiger partial charge in [-0.2, -0.15) is 9.36 Å². The van der Waals surface area contributed by atoms with Crippen LogP contribution in [0.5, 0.6) is 0 Å². The van der Waals surface area contributed by atoms with Gasteiger partial charge in [-0.15, -0.1) is 0 Å². The van der Waals surface area contributed by atoms with E-state index in [2.05, 4.69) is 19.6 Å². The molecule has 104 valence electrons. The van der Waals surface area contributed by atoms with Crippen LogP contribution >= 0.6 is 11.5 Å². The van der Waals surface area contributed by atoms with Gasteiger partial charge in [0.1, 0.15) is 0 Å². The molecule has 0 aliphatic carbocycles. The summed E-state index contributed by atoms with van der Waals surface area (Å²) in [7, 11) is 0. The average Bonchev–Trinajstić information content (AvgIpc) is 2.98. The van der Waals surface area contributed by atoms with Crippen LogP contribution in [0.3, 0.4) is 0 Å². The third-order valence-corrected chi connectivity index (χ3v) is 3.92. The van der Waals surface area contributed by atoms with Crippen LogP contribution in [-0.4, -0.2) is 40.5 Å². The monoisotopic (exact) mass is 291 g/mol. The Labute approximate surface area is 119 Å². The molecule has 0 atom stereocenters. The van der Waals surface area contributed by atoms with Crippen LogP contribution in [-0.2, 0) is 0 Å². The Morgan fingerprint density at radius 1 is 1.25 bits per heavy atom. The van der Waals surface area contributed by atoms with Gasteiger partial charge in [-0.25, -0.2) is 0 Å². The van der Waals surface area contributed by atoms with Crippen molar-refractivity contribution in [2.24, 2.45) is 0 Å². The lowest BCUT2D eigenvalue weighted by Gasteiger charge is -2.26. The molecule has 1 saturated heterocycles. The Hall–Kier alpha value is -2.06. The number of nitrogens with zero attached hydrogens (tertiary/aromatic N) is 4. The second kappa shape index (κ2) is 5.51. The number of piperazine rings is 1. The van der Waals surface area contributed by atoms with Gasteiger partial charge in [0.2, 0.25) is 5.13 Å². The predicted molar refractivity (Wildman–Crippen MR) is 77.1 cm³/mol. The third kappa shape index (κ3) is 2.61. The molecule has 1 aromatic heterocycles. The Morgan fingerprint density at radius 2 is 1.95 bits per heavy atom. The smallest absolute Gasteiger partial charge is 0.269 e. The molecule has 0 radical (unpaired) electrons. The first kappa shape index (κ1) is 12.9. The Morgan fingerprint density at radius 3 is 2.60 bits per heavy atom. The molecule has 1 N–H and O–H groups in total. The Bertz CT molecular complexity index is 607. The third-order valence-electron chi connectivity index (χ3n) is 3.14. The lowest BCUT2D eigenvalue weighted by molar-refractivity contribution is -0.384. The number of nitro benzene ring substituents is 1. The molecule has 0 spiro atoms. The second-order valence-electron chi connectivity index (χ2n) is 4.44. The molecule has 0 unspecified atom stereocenters. The normalized spacial score (nSPS) is 15.3. The minimum atomic E-state index is -0.412. The van der Waals surface area contributed by atoms with Crippen molar-refractivity contribution < 1.29 is 4.92 Å². The molecule has 1 aliphatic rings. The van der Waals surface area contributed by atoms with Crippen molar-refractivity contribution in [1.82, 2.24) is 14.7 Å². The van der Waals surface area contributed by atoms with Gasteiger partial charge in [0, 0.05) is 55.4 Å². The highest BCUT2D eigenvalue weighted by Crippen LogP contribution is 2.25. The van der Waals surface area contributed by atoms with Crippen LogP contribution in [0.25, 0.3) is 11.4 Å². The molecule has 1 fully saturated rings. The van der Waals surface area contributed by atoms with Crippen LogP contribution in [0.2, 0.25) is 0 Å². The van der Waals surface area contributed by atoms with Gasteiger partial charge in [0.15, 0.2) is 5.82 Å². The van der Waals surface area contributed by atoms with Crippen molar-refractivity contribution in [2.75, 3.05) is 31.1 Å². The van der Waals surface area contributed by atoms with Crippen molar-refractivity contribution >= 4 is 22.4 Å². The fourth-order valence-corrected chi connectivity index (χ4v) is 2.79. The van der Waals surface area contributed by atoms with E-state index in [0.29, 0.717) is 5.82 Å². The molecule has 2 aromatic rings. The van der Waals surface area contributed by atoms with E-state index in [9.17, 15) is 10.1 Å². The van der Waals surface area contributed by atoms with Crippen LogP contribution in [0.1, 0.15) is 0 Å². The van der Waals surface area contributed by atoms with E-state index < -0.39 is 4.92 Å². The molecule has 1 aliphatic heterocycles. The summed E-state index contributed by atoms with van der Waals surface area (Å²) in [5.41, 5.74) is 0.875. The van der Waals surface area contributed by atoms with E-state index in [1.54, 1.807) is 12.1 Å². The second-order valence-corrected chi connectivity index (χ2v) is 5.17. The highest BCUT2D eigenvalue weighted by Gasteiger charge is 2.16. The van der Waals surface area contributed by atoms with Crippen molar-refractivity contribution in [1.29, 1.82) is 0 Å². The number of hydrogen-bond donors (Lipinski definition) is 1. The summed E-state index contributed by atoms with van der Waals surface area (Å²) in [6.07, 6.45) is 0. The topological polar surface area (TPSA) is 84.2 Å². The van der Waals surface area contributed by atoms with E-state index in [4.69, 9.17) is 0 Å². The van der Waals surface area contributed by atoms with Gasteiger partial charge in [0.25, 0.3) is 5.69 Å². The molecule has 0 bridgehead atoms. The number of nitrogens with one attached hydrogen (secondary N) is 1. The maximum atomic E-state index is 10.6. The molecular formula is C12H13N5O2S. The first-order valence-corrected chi connectivity index (χ1v) is 7.05. The molecule has 0 saturated carbocycles. The fourth-order valence-electron chi connectivity index (χ4n) is 2.05. The lowest BCUT2D eigenvalue weighted by Crippen LogP contribution is -2.43. The molecule has 8 heteroatoms. The first-order chi connectivity index (χ1) is 9.74. The van der Waals surface area contributed by atoms with Gasteiger partial charge >= 0.3 is 0 Å². The van der Waals surface area contributed by atoms with Gasteiger partial charge in [-0.1, -0.05) is 0 Å². The average molecular weight is 291 g/mol. The quantitative estimate of drug-likeness (QED) is 0.682. The predicted octanol–water partition coefficient (Wildman–Crippen LogP) is 1.52. The molecule has 1 aromatic carbocycles. The molecular weight excluding hydrogens is 278 g/mol. The van der Waals surface area contributed by atoms with Gasteiger partial charge in [0.05, 0.1) is 4.92 Å². The minimum Gasteiger partial charge on any atom is -0.344 e. The van der Waals surface area contributed by atoms with Crippen molar-refractivity contribution in [3.63, 3.8) is 0 Å². The van der Waals surface area contributed by atoms with Crippen LogP contribution in [0.15, 0.2) is 24.3 Å². The molecule has 7 nitrogen and oxygen atoms in total. The largest absolute Gasteiger partial charge is 0.344 e. The summed E-state index contributed by atoms with van der Waals surface area (Å²) in [5.74, 6) is 0.624. The van der Waals surface area contributed by atoms with E-state index in [1.807, 2.05) is 0 Å². The first-order valence-electron chi connectivity index (χ1n) is 6.28. The fraction of sp³-hybridized carbons (Fsp3) is 0.333. The zero-order valence-corrected chi connectivity index (χ0v) is 11.5. The molecule has 0 amide bonds. The van der Waals surface area contributed by atoms with Crippen LogP contribution in [0, 0.1) is 10.1 Å². The van der Waals surface area contributed by atoms with Gasteiger partial charge < -0.3 is 10.2 Å². The lowest BCUT2D eigenvalue weighted by atomic mass is 10.2. The highest BCUT2D eigenvalue weighted by atomic mass is 32.1. The van der Waals surface area contributed by atoms with E-state index >= 15 is 0 Å². The summed E-state index contributed by atoms with van der Waals surface area (Å²) in [4.78, 5) is 16.9. The summed E-state index contributed by atoms with van der Waals surface area (Å²) in [6, 6.07) is 6.31. The van der Waals surface area contributed by atoms with Crippen molar-refractivity contribution in [2.45, 2.75) is 0 Å². The molecule has 3 rings (SSSR count). The number of aromatic nitrogens is 2. The number of non-ortho nitro benzene ring substituents is 1. The SMILES string of the molecule is O=[N+]([O-])c1ccc(-c2nsc(N3CCNCC3)n2)cc1. The maximum absolute atomic E-state index is 10.6. The number of nitro groups is 1. The summed E-state index contributed by atoms with van der Waals surface area (Å²) >= 11 is 1.36. The van der Waals surface area contributed by atoms with Gasteiger partial charge in [-0.05, 0) is 12.1 Å². The van der Waals surface area contributed by atoms with Crippen molar-refractivity contribution in [3.05, 3.63) is 34.4 Å². The standard InChI is InChI=1S/C12H13N5O2S/c18-17(19)10-3-1-9(2-4-10)11-14-12(20-15-11)16-7-5-13-6-8-16/h1-4,13H,5-8H2. The minimum absolute atomic E-state index is 0.0753. The number of benzene rings is 1. The number of hydrogen-bond acceptors (Lipinski definition) is 7. The zero-order valence-electron chi connectivity index (χ0n) is 10.7. The maximum Gasteiger partial charge on any atom is 0.269 e. The van der Waals surface area contributed by atoms with E-state index in [-0.39, 0.29) is 5.69 Å². The number of rotatable bonds is 3. The summed E-state index contributed by atoms with van der Waals surface area (Å²) in [6.45, 7) is 3.75. The molecule has 20 heavy (non-hydrogen) atoms. The van der Waals surface area contributed by atoms with Gasteiger partial charge in [-0.3, -0.25) is 10.1 Å². The van der Waals surface area contributed by atoms with Crippen LogP contribution < -0.4 is 10.2 Å². The Kier molecular flexibility index (Phi) is 3.57. The Balaban J connectivity index is 1.80. The van der Waals surface area contributed by atoms with Crippen molar-refractivity contribution in [3.8, 4) is 11.4 Å². The summed E-state index contributed by atoms with van der Waals surface area (Å²) in [5, 5.41) is 14.8. The van der Waals surface area contributed by atoms with Crippen LogP contribution in [0.4, 0.5) is 10.8 Å².